The van der Waals surface area contributed by atoms with Gasteiger partial charge in [-0.3, -0.25) is 5.43 Å². The number of aryl methyl sites for hydroxylation is 3. The third-order valence-electron chi connectivity index (χ3n) is 3.47. The molecule has 1 N–H and O–H groups in total. The number of halogens is 3. The molecular formula is C17H18F3N3. The molecule has 0 aliphatic heterocycles. The number of nitrogens with one attached hydrogen (secondary N) is 1. The molecule has 0 saturated carbocycles. The van der Waals surface area contributed by atoms with E-state index in [0.717, 1.165) is 34.7 Å². The van der Waals surface area contributed by atoms with Gasteiger partial charge in [-0.2, -0.15) is 18.3 Å². The number of hydrogen-bond donors (Lipinski definition) is 1. The van der Waals surface area contributed by atoms with Crippen molar-refractivity contribution in [2.24, 2.45) is 5.10 Å². The number of nitrogens with zero attached hydrogens (tertiary/aromatic N) is 2. The minimum absolute atomic E-state index is 0.264. The Morgan fingerprint density at radius 3 is 2.17 bits per heavy atom. The van der Waals surface area contributed by atoms with E-state index in [2.05, 4.69) is 27.6 Å². The quantitative estimate of drug-likeness (QED) is 0.647. The van der Waals surface area contributed by atoms with Gasteiger partial charge < -0.3 is 0 Å². The van der Waals surface area contributed by atoms with Gasteiger partial charge in [-0.1, -0.05) is 17.7 Å². The second-order valence-electron chi connectivity index (χ2n) is 5.51. The van der Waals surface area contributed by atoms with E-state index >= 15 is 0 Å². The van der Waals surface area contributed by atoms with Crippen LogP contribution >= 0.6 is 0 Å². The summed E-state index contributed by atoms with van der Waals surface area (Å²) in [6.45, 7) is 7.89. The van der Waals surface area contributed by atoms with Crippen LogP contribution < -0.4 is 5.43 Å². The number of benzene rings is 1. The molecule has 2 aromatic rings. The molecule has 3 nitrogen and oxygen atoms in total. The Hall–Kier alpha value is -2.37. The fraction of sp³-hybridized carbons (Fsp3) is 0.294. The molecule has 0 spiro atoms. The standard InChI is InChI=1S/C17H18F3N3/c1-10-7-11(2)16(12(3)8-10)13(4)22-23-15-6-5-14(9-21-15)17(18,19)20/h5-9H,1-4H3,(H,21,23)/b22-13-. The summed E-state index contributed by atoms with van der Waals surface area (Å²) in [6.07, 6.45) is -3.60. The Labute approximate surface area is 133 Å². The second-order valence-corrected chi connectivity index (χ2v) is 5.51. The molecule has 2 rings (SSSR count). The van der Waals surface area contributed by atoms with Crippen LogP contribution in [0.25, 0.3) is 0 Å². The first-order valence-corrected chi connectivity index (χ1v) is 7.10. The van der Waals surface area contributed by atoms with Crippen molar-refractivity contribution in [1.82, 2.24) is 4.98 Å². The molecule has 1 aromatic heterocycles. The molecule has 0 fully saturated rings. The van der Waals surface area contributed by atoms with Crippen LogP contribution in [0.4, 0.5) is 19.0 Å². The molecule has 0 aliphatic rings. The maximum absolute atomic E-state index is 12.5. The summed E-state index contributed by atoms with van der Waals surface area (Å²) in [5.74, 6) is 0.264. The first kappa shape index (κ1) is 17.0. The first-order valence-electron chi connectivity index (χ1n) is 7.10. The average Bonchev–Trinajstić information content (AvgIpc) is 2.43. The van der Waals surface area contributed by atoms with Crippen molar-refractivity contribution in [3.8, 4) is 0 Å². The van der Waals surface area contributed by atoms with Crippen molar-refractivity contribution in [1.29, 1.82) is 0 Å². The predicted molar refractivity (Wildman–Crippen MR) is 85.7 cm³/mol. The zero-order valence-electron chi connectivity index (χ0n) is 13.4. The Balaban J connectivity index is 2.20. The summed E-state index contributed by atoms with van der Waals surface area (Å²) in [7, 11) is 0. The van der Waals surface area contributed by atoms with E-state index in [1.807, 2.05) is 27.7 Å². The van der Waals surface area contributed by atoms with Gasteiger partial charge in [-0.15, -0.1) is 0 Å². The highest BCUT2D eigenvalue weighted by Gasteiger charge is 2.30. The largest absolute Gasteiger partial charge is 0.417 e. The molecule has 23 heavy (non-hydrogen) atoms. The lowest BCUT2D eigenvalue weighted by molar-refractivity contribution is -0.137. The van der Waals surface area contributed by atoms with Crippen molar-refractivity contribution in [2.75, 3.05) is 5.43 Å². The van der Waals surface area contributed by atoms with Crippen LogP contribution in [0.15, 0.2) is 35.6 Å². The fourth-order valence-corrected chi connectivity index (χ4v) is 2.58. The van der Waals surface area contributed by atoms with E-state index in [9.17, 15) is 13.2 Å². The molecule has 122 valence electrons. The van der Waals surface area contributed by atoms with Crippen LogP contribution in [0, 0.1) is 20.8 Å². The van der Waals surface area contributed by atoms with Gasteiger partial charge >= 0.3 is 6.18 Å². The molecule has 0 amide bonds. The van der Waals surface area contributed by atoms with Crippen molar-refractivity contribution in [3.05, 3.63) is 58.3 Å². The average molecular weight is 321 g/mol. The first-order chi connectivity index (χ1) is 10.7. The number of pyridine rings is 1. The summed E-state index contributed by atoms with van der Waals surface area (Å²) in [6, 6.07) is 6.37. The molecule has 0 unspecified atom stereocenters. The van der Waals surface area contributed by atoms with E-state index in [0.29, 0.717) is 0 Å². The van der Waals surface area contributed by atoms with E-state index in [4.69, 9.17) is 0 Å². The summed E-state index contributed by atoms with van der Waals surface area (Å²) in [5.41, 5.74) is 7.07. The number of rotatable bonds is 3. The number of hydrogen-bond acceptors (Lipinski definition) is 3. The van der Waals surface area contributed by atoms with Gasteiger partial charge in [0.2, 0.25) is 0 Å². The highest BCUT2D eigenvalue weighted by atomic mass is 19.4. The van der Waals surface area contributed by atoms with Crippen molar-refractivity contribution < 1.29 is 13.2 Å². The Morgan fingerprint density at radius 1 is 1.09 bits per heavy atom. The molecule has 0 atom stereocenters. The lowest BCUT2D eigenvalue weighted by Gasteiger charge is -2.11. The van der Waals surface area contributed by atoms with E-state index in [-0.39, 0.29) is 5.82 Å². The zero-order valence-corrected chi connectivity index (χ0v) is 13.4. The predicted octanol–water partition coefficient (Wildman–Crippen LogP) is 4.86. The van der Waals surface area contributed by atoms with Crippen molar-refractivity contribution in [3.63, 3.8) is 0 Å². The normalized spacial score (nSPS) is 12.4. The van der Waals surface area contributed by atoms with Gasteiger partial charge in [0.1, 0.15) is 5.82 Å². The van der Waals surface area contributed by atoms with E-state index < -0.39 is 11.7 Å². The maximum Gasteiger partial charge on any atom is 0.417 e. The Bertz CT molecular complexity index is 709. The summed E-state index contributed by atoms with van der Waals surface area (Å²) in [4.78, 5) is 3.73. The van der Waals surface area contributed by atoms with Crippen LogP contribution in [0.3, 0.4) is 0 Å². The number of hydrazone groups is 1. The molecular weight excluding hydrogens is 303 g/mol. The highest BCUT2D eigenvalue weighted by molar-refractivity contribution is 6.01. The molecule has 6 heteroatoms. The number of anilines is 1. The fourth-order valence-electron chi connectivity index (χ4n) is 2.58. The van der Waals surface area contributed by atoms with Crippen molar-refractivity contribution in [2.45, 2.75) is 33.9 Å². The van der Waals surface area contributed by atoms with Gasteiger partial charge in [0.25, 0.3) is 0 Å². The number of aromatic nitrogens is 1. The lowest BCUT2D eigenvalue weighted by atomic mass is 9.97. The summed E-state index contributed by atoms with van der Waals surface area (Å²) in [5, 5.41) is 4.23. The third kappa shape index (κ3) is 4.09. The smallest absolute Gasteiger partial charge is 0.261 e. The molecule has 0 radical (unpaired) electrons. The molecule has 0 aliphatic carbocycles. The monoisotopic (exact) mass is 321 g/mol. The Kier molecular flexibility index (Phi) is 4.73. The van der Waals surface area contributed by atoms with E-state index in [1.165, 1.54) is 11.6 Å². The molecule has 1 heterocycles. The van der Waals surface area contributed by atoms with Crippen LogP contribution in [0.1, 0.15) is 34.7 Å². The van der Waals surface area contributed by atoms with Crippen LogP contribution in [-0.2, 0) is 6.18 Å². The minimum Gasteiger partial charge on any atom is -0.261 e. The van der Waals surface area contributed by atoms with Crippen LogP contribution in [-0.4, -0.2) is 10.7 Å². The Morgan fingerprint density at radius 2 is 1.70 bits per heavy atom. The summed E-state index contributed by atoms with van der Waals surface area (Å²) >= 11 is 0. The second kappa shape index (κ2) is 6.40. The molecule has 1 aromatic carbocycles. The van der Waals surface area contributed by atoms with Gasteiger partial charge in [-0.05, 0) is 51.0 Å². The van der Waals surface area contributed by atoms with Crippen LogP contribution in [0.2, 0.25) is 0 Å². The van der Waals surface area contributed by atoms with Crippen molar-refractivity contribution >= 4 is 11.5 Å². The summed E-state index contributed by atoms with van der Waals surface area (Å²) < 4.78 is 37.5. The molecule has 0 saturated heterocycles. The number of alkyl halides is 3. The maximum atomic E-state index is 12.5. The van der Waals surface area contributed by atoms with Crippen LogP contribution in [0.5, 0.6) is 0 Å². The topological polar surface area (TPSA) is 37.3 Å². The highest BCUT2D eigenvalue weighted by Crippen LogP contribution is 2.28. The van der Waals surface area contributed by atoms with Gasteiger partial charge in [-0.25, -0.2) is 4.98 Å². The van der Waals surface area contributed by atoms with Gasteiger partial charge in [0.15, 0.2) is 0 Å². The third-order valence-corrected chi connectivity index (χ3v) is 3.47. The zero-order chi connectivity index (χ0) is 17.2. The minimum atomic E-state index is -4.39. The SMILES string of the molecule is C/C(=N/Nc1ccc(C(F)(F)F)cn1)c1c(C)cc(C)cc1C. The molecule has 0 bridgehead atoms. The van der Waals surface area contributed by atoms with Gasteiger partial charge in [0, 0.05) is 11.8 Å². The van der Waals surface area contributed by atoms with Gasteiger partial charge in [0.05, 0.1) is 11.3 Å². The lowest BCUT2D eigenvalue weighted by Crippen LogP contribution is -2.07. The van der Waals surface area contributed by atoms with E-state index in [1.54, 1.807) is 0 Å².